The van der Waals surface area contributed by atoms with Crippen molar-refractivity contribution in [1.29, 1.82) is 0 Å². The molecule has 110 valence electrons. The van der Waals surface area contributed by atoms with Crippen LogP contribution >= 0.6 is 0 Å². The number of nitrogen functional groups attached to an aromatic ring is 1. The zero-order valence-electron chi connectivity index (χ0n) is 11.6. The Labute approximate surface area is 119 Å². The van der Waals surface area contributed by atoms with Crippen LogP contribution in [0.2, 0.25) is 0 Å². The van der Waals surface area contributed by atoms with Crippen LogP contribution in [0.5, 0.6) is 5.75 Å². The molecule has 1 aliphatic rings. The van der Waals surface area contributed by atoms with Gasteiger partial charge in [0.05, 0.1) is 25.7 Å². The Balaban J connectivity index is 1.78. The van der Waals surface area contributed by atoms with Gasteiger partial charge in [-0.15, -0.1) is 0 Å². The number of nitrogens with zero attached hydrogens (tertiary/aromatic N) is 1. The summed E-state index contributed by atoms with van der Waals surface area (Å²) in [7, 11) is 0. The van der Waals surface area contributed by atoms with Gasteiger partial charge in [-0.1, -0.05) is 0 Å². The summed E-state index contributed by atoms with van der Waals surface area (Å²) in [6.45, 7) is 1.13. The van der Waals surface area contributed by atoms with E-state index in [0.29, 0.717) is 24.5 Å². The van der Waals surface area contributed by atoms with E-state index < -0.39 is 0 Å². The van der Waals surface area contributed by atoms with Crippen LogP contribution in [0.1, 0.15) is 25.7 Å². The molecule has 1 aliphatic heterocycles. The zero-order chi connectivity index (χ0) is 14.4. The number of piperidine rings is 1. The van der Waals surface area contributed by atoms with Crippen LogP contribution in [0.15, 0.2) is 24.3 Å². The van der Waals surface area contributed by atoms with Crippen LogP contribution in [0.4, 0.5) is 5.69 Å². The number of carbonyl (C=O) groups excluding carboxylic acids is 1. The topological polar surface area (TPSA) is 75.8 Å². The first-order valence-corrected chi connectivity index (χ1v) is 7.09. The van der Waals surface area contributed by atoms with E-state index in [-0.39, 0.29) is 18.6 Å². The lowest BCUT2D eigenvalue weighted by Gasteiger charge is -2.34. The SMILES string of the molecule is Nc1ccc(OCCC(=O)N2CCCCC2CO)cc1. The fraction of sp³-hybridized carbons (Fsp3) is 0.533. The van der Waals surface area contributed by atoms with Gasteiger partial charge in [-0.25, -0.2) is 0 Å². The number of amides is 1. The zero-order valence-corrected chi connectivity index (χ0v) is 11.6. The van der Waals surface area contributed by atoms with Gasteiger partial charge in [0.2, 0.25) is 5.91 Å². The van der Waals surface area contributed by atoms with E-state index in [1.165, 1.54) is 0 Å². The van der Waals surface area contributed by atoms with Crippen LogP contribution in [0, 0.1) is 0 Å². The summed E-state index contributed by atoms with van der Waals surface area (Å²) in [5, 5.41) is 9.30. The van der Waals surface area contributed by atoms with Gasteiger partial charge >= 0.3 is 0 Å². The van der Waals surface area contributed by atoms with Gasteiger partial charge in [-0.05, 0) is 43.5 Å². The van der Waals surface area contributed by atoms with Gasteiger partial charge in [-0.2, -0.15) is 0 Å². The summed E-state index contributed by atoms with van der Waals surface area (Å²) in [6.07, 6.45) is 3.32. The van der Waals surface area contributed by atoms with Crippen molar-refractivity contribution in [3.63, 3.8) is 0 Å². The molecule has 1 amide bonds. The number of carbonyl (C=O) groups is 1. The molecule has 3 N–H and O–H groups in total. The highest BCUT2D eigenvalue weighted by atomic mass is 16.5. The summed E-state index contributed by atoms with van der Waals surface area (Å²) < 4.78 is 5.53. The van der Waals surface area contributed by atoms with Gasteiger partial charge in [0, 0.05) is 12.2 Å². The summed E-state index contributed by atoms with van der Waals surface area (Å²) in [5.41, 5.74) is 6.28. The third kappa shape index (κ3) is 3.87. The minimum absolute atomic E-state index is 0.0206. The maximum Gasteiger partial charge on any atom is 0.226 e. The molecule has 0 saturated carbocycles. The van der Waals surface area contributed by atoms with Gasteiger partial charge < -0.3 is 20.5 Å². The van der Waals surface area contributed by atoms with E-state index in [2.05, 4.69) is 0 Å². The summed E-state index contributed by atoms with van der Waals surface area (Å²) >= 11 is 0. The van der Waals surface area contributed by atoms with E-state index in [1.807, 2.05) is 0 Å². The first-order chi connectivity index (χ1) is 9.70. The predicted octanol–water partition coefficient (Wildman–Crippen LogP) is 1.41. The lowest BCUT2D eigenvalue weighted by atomic mass is 10.0. The molecule has 1 fully saturated rings. The minimum atomic E-state index is -0.0206. The Morgan fingerprint density at radius 2 is 2.10 bits per heavy atom. The Bertz CT molecular complexity index is 433. The first-order valence-electron chi connectivity index (χ1n) is 7.09. The largest absolute Gasteiger partial charge is 0.493 e. The maximum atomic E-state index is 12.1. The van der Waals surface area contributed by atoms with Crippen molar-refractivity contribution in [3.05, 3.63) is 24.3 Å². The molecule has 5 nitrogen and oxygen atoms in total. The number of rotatable bonds is 5. The van der Waals surface area contributed by atoms with E-state index in [1.54, 1.807) is 29.2 Å². The van der Waals surface area contributed by atoms with Crippen LogP contribution in [-0.2, 0) is 4.79 Å². The number of aliphatic hydroxyl groups excluding tert-OH is 1. The molecule has 2 rings (SSSR count). The number of anilines is 1. The quantitative estimate of drug-likeness (QED) is 0.799. The van der Waals surface area contributed by atoms with E-state index in [0.717, 1.165) is 25.8 Å². The van der Waals surface area contributed by atoms with Crippen molar-refractivity contribution in [1.82, 2.24) is 4.90 Å². The molecule has 0 spiro atoms. The number of hydrogen-bond donors (Lipinski definition) is 2. The average Bonchev–Trinajstić information content (AvgIpc) is 2.49. The number of ether oxygens (including phenoxy) is 1. The molecular formula is C15H22N2O3. The fourth-order valence-corrected chi connectivity index (χ4v) is 2.48. The molecule has 0 bridgehead atoms. The maximum absolute atomic E-state index is 12.1. The van der Waals surface area contributed by atoms with Gasteiger partial charge in [0.25, 0.3) is 0 Å². The smallest absolute Gasteiger partial charge is 0.226 e. The molecule has 0 aromatic heterocycles. The number of aliphatic hydroxyl groups is 1. The highest BCUT2D eigenvalue weighted by Crippen LogP contribution is 2.18. The monoisotopic (exact) mass is 278 g/mol. The molecule has 1 aromatic carbocycles. The Morgan fingerprint density at radius 3 is 2.80 bits per heavy atom. The number of likely N-dealkylation sites (tertiary alicyclic amines) is 1. The number of benzene rings is 1. The van der Waals surface area contributed by atoms with Crippen molar-refractivity contribution in [3.8, 4) is 5.75 Å². The van der Waals surface area contributed by atoms with Crippen molar-refractivity contribution < 1.29 is 14.6 Å². The highest BCUT2D eigenvalue weighted by Gasteiger charge is 2.25. The second-order valence-corrected chi connectivity index (χ2v) is 5.09. The van der Waals surface area contributed by atoms with Gasteiger partial charge in [0.15, 0.2) is 0 Å². The van der Waals surface area contributed by atoms with E-state index in [9.17, 15) is 9.90 Å². The molecule has 5 heteroatoms. The second-order valence-electron chi connectivity index (χ2n) is 5.09. The van der Waals surface area contributed by atoms with Crippen molar-refractivity contribution >= 4 is 11.6 Å². The van der Waals surface area contributed by atoms with Gasteiger partial charge in [-0.3, -0.25) is 4.79 Å². The lowest BCUT2D eigenvalue weighted by Crippen LogP contribution is -2.46. The first kappa shape index (κ1) is 14.7. The molecule has 1 atom stereocenters. The van der Waals surface area contributed by atoms with Crippen molar-refractivity contribution in [2.75, 3.05) is 25.5 Å². The fourth-order valence-electron chi connectivity index (χ4n) is 2.48. The summed E-state index contributed by atoms with van der Waals surface area (Å²) in [6, 6.07) is 7.09. The van der Waals surface area contributed by atoms with E-state index >= 15 is 0 Å². The Kier molecular flexibility index (Phi) is 5.24. The third-order valence-corrected chi connectivity index (χ3v) is 3.62. The molecule has 0 aliphatic carbocycles. The van der Waals surface area contributed by atoms with E-state index in [4.69, 9.17) is 10.5 Å². The third-order valence-electron chi connectivity index (χ3n) is 3.62. The normalized spacial score (nSPS) is 18.9. The lowest BCUT2D eigenvalue weighted by molar-refractivity contribution is -0.136. The molecule has 1 unspecified atom stereocenters. The highest BCUT2D eigenvalue weighted by molar-refractivity contribution is 5.76. The Morgan fingerprint density at radius 1 is 1.35 bits per heavy atom. The molecular weight excluding hydrogens is 256 g/mol. The molecule has 1 aromatic rings. The standard InChI is InChI=1S/C15H22N2O3/c16-12-4-6-14(7-5-12)20-10-8-15(19)17-9-2-1-3-13(17)11-18/h4-7,13,18H,1-3,8-11,16H2. The van der Waals surface area contributed by atoms with Gasteiger partial charge in [0.1, 0.15) is 5.75 Å². The van der Waals surface area contributed by atoms with Crippen LogP contribution in [0.25, 0.3) is 0 Å². The van der Waals surface area contributed by atoms with Crippen LogP contribution in [-0.4, -0.2) is 41.7 Å². The molecule has 1 saturated heterocycles. The minimum Gasteiger partial charge on any atom is -0.493 e. The predicted molar refractivity (Wildman–Crippen MR) is 77.4 cm³/mol. The second kappa shape index (κ2) is 7.14. The van der Waals surface area contributed by atoms with Crippen LogP contribution < -0.4 is 10.5 Å². The Hall–Kier alpha value is -1.75. The van der Waals surface area contributed by atoms with Crippen LogP contribution in [0.3, 0.4) is 0 Å². The van der Waals surface area contributed by atoms with Crippen molar-refractivity contribution in [2.24, 2.45) is 0 Å². The molecule has 20 heavy (non-hydrogen) atoms. The summed E-state index contributed by atoms with van der Waals surface area (Å²) in [5.74, 6) is 0.767. The van der Waals surface area contributed by atoms with Crippen molar-refractivity contribution in [2.45, 2.75) is 31.7 Å². The summed E-state index contributed by atoms with van der Waals surface area (Å²) in [4.78, 5) is 13.9. The average molecular weight is 278 g/mol. The molecule has 1 heterocycles. The number of hydrogen-bond acceptors (Lipinski definition) is 4. The molecule has 0 radical (unpaired) electrons. The number of nitrogens with two attached hydrogens (primary N) is 1.